The standard InChI is InChI=1S/C9H19O.Al/c1-7(2)5-9(10)6-8(3)4;/h7-9H,5-6H2,1-4H3;/q-1;+1. The van der Waals surface area contributed by atoms with Gasteiger partial charge < -0.3 is 3.79 Å². The molecule has 0 rings (SSSR count). The van der Waals surface area contributed by atoms with Gasteiger partial charge in [0, 0.05) is 6.10 Å². The Morgan fingerprint density at radius 2 is 1.36 bits per heavy atom. The molecule has 1 nitrogen and oxygen atoms in total. The lowest BCUT2D eigenvalue weighted by Gasteiger charge is -2.21. The van der Waals surface area contributed by atoms with Gasteiger partial charge >= 0.3 is 16.6 Å². The van der Waals surface area contributed by atoms with Crippen LogP contribution in [-0.2, 0) is 3.79 Å². The van der Waals surface area contributed by atoms with Crippen LogP contribution in [0, 0.1) is 11.8 Å². The molecule has 2 radical (unpaired) electrons. The van der Waals surface area contributed by atoms with Crippen LogP contribution in [0.4, 0.5) is 0 Å². The maximum absolute atomic E-state index is 5.29. The van der Waals surface area contributed by atoms with Crippen molar-refractivity contribution in [2.45, 2.75) is 46.6 Å². The van der Waals surface area contributed by atoms with E-state index in [1.807, 2.05) is 0 Å². The third-order valence-electron chi connectivity index (χ3n) is 1.66. The summed E-state index contributed by atoms with van der Waals surface area (Å²) in [6.07, 6.45) is 2.77. The first-order chi connectivity index (χ1) is 5.06. The predicted octanol–water partition coefficient (Wildman–Crippen LogP) is 2.55. The van der Waals surface area contributed by atoms with Gasteiger partial charge in [0.2, 0.25) is 0 Å². The van der Waals surface area contributed by atoms with Crippen molar-refractivity contribution in [1.29, 1.82) is 0 Å². The maximum Gasteiger partial charge on any atom is 0.369 e. The second-order valence-corrected chi connectivity index (χ2v) is 4.29. The Kier molecular flexibility index (Phi) is 6.33. The first-order valence-corrected chi connectivity index (χ1v) is 4.89. The molecule has 0 fully saturated rings. The lowest BCUT2D eigenvalue weighted by molar-refractivity contribution is 0.164. The Hall–Kier alpha value is 0.492. The fourth-order valence-electron chi connectivity index (χ4n) is 1.26. The van der Waals surface area contributed by atoms with Crippen LogP contribution in [0.2, 0.25) is 0 Å². The Morgan fingerprint density at radius 3 is 1.55 bits per heavy atom. The minimum Gasteiger partial charge on any atom is -0.514 e. The first kappa shape index (κ1) is 11.5. The molecule has 0 unspecified atom stereocenters. The number of hydrogen-bond acceptors (Lipinski definition) is 1. The number of rotatable bonds is 5. The van der Waals surface area contributed by atoms with Gasteiger partial charge in [0.15, 0.2) is 0 Å². The molecule has 0 aliphatic carbocycles. The summed E-state index contributed by atoms with van der Waals surface area (Å²) in [5.74, 6) is 1.47. The third-order valence-corrected chi connectivity index (χ3v) is 2.05. The van der Waals surface area contributed by atoms with Crippen LogP contribution in [0.25, 0.3) is 0 Å². The summed E-state index contributed by atoms with van der Waals surface area (Å²) in [6, 6.07) is 0. The summed E-state index contributed by atoms with van der Waals surface area (Å²) < 4.78 is 5.29. The minimum absolute atomic E-state index is 0.431. The molecule has 2 heteroatoms. The lowest BCUT2D eigenvalue weighted by atomic mass is 9.98. The van der Waals surface area contributed by atoms with Crippen molar-refractivity contribution in [2.24, 2.45) is 11.8 Å². The van der Waals surface area contributed by atoms with Gasteiger partial charge in [-0.2, -0.15) is 0 Å². The molecule has 0 saturated carbocycles. The molecular formula is C9H19AlO. The molecule has 0 aliphatic rings. The molecule has 0 atom stereocenters. The van der Waals surface area contributed by atoms with E-state index in [1.165, 1.54) is 12.8 Å². The van der Waals surface area contributed by atoms with E-state index in [-0.39, 0.29) is 0 Å². The van der Waals surface area contributed by atoms with Crippen molar-refractivity contribution < 1.29 is 3.79 Å². The van der Waals surface area contributed by atoms with Crippen LogP contribution in [0.15, 0.2) is 0 Å². The Balaban J connectivity index is 3.58. The van der Waals surface area contributed by atoms with Crippen molar-refractivity contribution in [3.8, 4) is 0 Å². The van der Waals surface area contributed by atoms with E-state index >= 15 is 0 Å². The van der Waals surface area contributed by atoms with Crippen molar-refractivity contribution in [3.63, 3.8) is 0 Å². The van der Waals surface area contributed by atoms with Gasteiger partial charge in [0.25, 0.3) is 0 Å². The van der Waals surface area contributed by atoms with Gasteiger partial charge in [0.05, 0.1) is 0 Å². The van der Waals surface area contributed by atoms with Gasteiger partial charge in [-0.1, -0.05) is 27.7 Å². The van der Waals surface area contributed by atoms with Gasteiger partial charge in [-0.05, 0) is 24.7 Å². The second kappa shape index (κ2) is 6.06. The van der Waals surface area contributed by atoms with Crippen molar-refractivity contribution in [2.75, 3.05) is 0 Å². The summed E-state index contributed by atoms with van der Waals surface area (Å²) in [5, 5.41) is 0. The van der Waals surface area contributed by atoms with Crippen LogP contribution < -0.4 is 0 Å². The van der Waals surface area contributed by atoms with Crippen molar-refractivity contribution in [3.05, 3.63) is 0 Å². The zero-order valence-corrected chi connectivity index (χ0v) is 9.29. The van der Waals surface area contributed by atoms with Crippen molar-refractivity contribution in [1.82, 2.24) is 0 Å². The zero-order chi connectivity index (χ0) is 8.85. The molecule has 0 spiro atoms. The summed E-state index contributed by atoms with van der Waals surface area (Å²) >= 11 is 2.37. The highest BCUT2D eigenvalue weighted by Gasteiger charge is 2.09. The maximum atomic E-state index is 5.29. The van der Waals surface area contributed by atoms with Gasteiger partial charge in [0.1, 0.15) is 0 Å². The molecule has 11 heavy (non-hydrogen) atoms. The van der Waals surface area contributed by atoms with Gasteiger partial charge in [-0.15, -0.1) is 0 Å². The predicted molar refractivity (Wildman–Crippen MR) is 49.5 cm³/mol. The minimum atomic E-state index is 0.431. The monoisotopic (exact) mass is 170 g/mol. The average molecular weight is 170 g/mol. The molecule has 0 aromatic rings. The quantitative estimate of drug-likeness (QED) is 0.576. The van der Waals surface area contributed by atoms with E-state index in [4.69, 9.17) is 3.79 Å². The fourth-order valence-corrected chi connectivity index (χ4v) is 1.48. The fraction of sp³-hybridized carbons (Fsp3) is 1.00. The summed E-state index contributed by atoms with van der Waals surface area (Å²) in [7, 11) is 0. The first-order valence-electron chi connectivity index (χ1n) is 4.41. The molecule has 0 amide bonds. The Labute approximate surface area is 79.3 Å². The highest BCUT2D eigenvalue weighted by Crippen LogP contribution is 2.15. The van der Waals surface area contributed by atoms with Crippen LogP contribution in [0.3, 0.4) is 0 Å². The number of hydrogen-bond donors (Lipinski definition) is 0. The lowest BCUT2D eigenvalue weighted by Crippen LogP contribution is -2.16. The van der Waals surface area contributed by atoms with Crippen LogP contribution in [-0.4, -0.2) is 22.7 Å². The van der Waals surface area contributed by atoms with Gasteiger partial charge in [-0.25, -0.2) is 0 Å². The molecule has 0 aromatic carbocycles. The van der Waals surface area contributed by atoms with Crippen LogP contribution >= 0.6 is 0 Å². The van der Waals surface area contributed by atoms with Crippen LogP contribution in [0.5, 0.6) is 0 Å². The van der Waals surface area contributed by atoms with Crippen LogP contribution in [0.1, 0.15) is 40.5 Å². The molecule has 64 valence electrons. The van der Waals surface area contributed by atoms with E-state index in [0.29, 0.717) is 6.10 Å². The normalized spacial score (nSPS) is 11.9. The van der Waals surface area contributed by atoms with E-state index in [1.54, 1.807) is 0 Å². The Morgan fingerprint density at radius 1 is 1.00 bits per heavy atom. The molecule has 0 bridgehead atoms. The topological polar surface area (TPSA) is 9.23 Å². The van der Waals surface area contributed by atoms with Crippen molar-refractivity contribution >= 4 is 16.6 Å². The van der Waals surface area contributed by atoms with E-state index in [2.05, 4.69) is 44.3 Å². The summed E-state index contributed by atoms with van der Waals surface area (Å²) in [4.78, 5) is 0. The second-order valence-electron chi connectivity index (χ2n) is 4.02. The average Bonchev–Trinajstić information content (AvgIpc) is 1.84. The molecular weight excluding hydrogens is 151 g/mol. The summed E-state index contributed by atoms with van der Waals surface area (Å²) in [5.41, 5.74) is 0. The van der Waals surface area contributed by atoms with E-state index in [9.17, 15) is 0 Å². The zero-order valence-electron chi connectivity index (χ0n) is 8.13. The highest BCUT2D eigenvalue weighted by molar-refractivity contribution is 5.98. The molecule has 0 aliphatic heterocycles. The third kappa shape index (κ3) is 6.87. The molecule has 0 N–H and O–H groups in total. The van der Waals surface area contributed by atoms with E-state index < -0.39 is 0 Å². The molecule has 0 aromatic heterocycles. The van der Waals surface area contributed by atoms with Gasteiger partial charge in [-0.3, -0.25) is 0 Å². The van der Waals surface area contributed by atoms with E-state index in [0.717, 1.165) is 11.8 Å². The molecule has 0 heterocycles. The SMILES string of the molecule is CC(C)CC(CC(C)C)[O][Al]. The smallest absolute Gasteiger partial charge is 0.369 e. The highest BCUT2D eigenvalue weighted by atomic mass is 27.1. The Bertz CT molecular complexity index is 81.6. The molecule has 0 saturated heterocycles. The summed E-state index contributed by atoms with van der Waals surface area (Å²) in [6.45, 7) is 8.93. The largest absolute Gasteiger partial charge is 0.514 e.